The van der Waals surface area contributed by atoms with Gasteiger partial charge in [-0.3, -0.25) is 0 Å². The molecule has 0 unspecified atom stereocenters. The molecular formula is C18H20ClFN2S. The topological polar surface area (TPSA) is 24.1 Å². The number of unbranched alkanes of at least 4 members (excludes halogenated alkanes) is 1. The van der Waals surface area contributed by atoms with Gasteiger partial charge in [-0.05, 0) is 60.5 Å². The lowest BCUT2D eigenvalue weighted by molar-refractivity contribution is 0.627. The van der Waals surface area contributed by atoms with Crippen LogP contribution in [0.25, 0.3) is 0 Å². The highest BCUT2D eigenvalue weighted by atomic mass is 35.5. The largest absolute Gasteiger partial charge is 0.358 e. The van der Waals surface area contributed by atoms with Crippen molar-refractivity contribution >= 4 is 34.6 Å². The van der Waals surface area contributed by atoms with Gasteiger partial charge in [-0.2, -0.15) is 0 Å². The molecule has 0 radical (unpaired) electrons. The van der Waals surface area contributed by atoms with E-state index in [0.29, 0.717) is 11.7 Å². The molecule has 2 aromatic carbocycles. The highest BCUT2D eigenvalue weighted by Crippen LogP contribution is 2.16. The minimum Gasteiger partial charge on any atom is -0.358 e. The predicted octanol–water partition coefficient (Wildman–Crippen LogP) is 5.31. The molecule has 0 aliphatic rings. The minimum absolute atomic E-state index is 0.117. The number of hydrogen-bond donors (Lipinski definition) is 2. The number of hydrogen-bond acceptors (Lipinski definition) is 1. The standard InChI is InChI=1S/C18H20ClFN2S/c1-2-3-4-13-5-8-15(9-6-13)22-18(23)21-12-14-7-10-17(20)16(19)11-14/h5-11H,2-4,12H2,1H3,(H2,21,22,23). The fraction of sp³-hybridized carbons (Fsp3) is 0.278. The van der Waals surface area contributed by atoms with E-state index in [1.165, 1.54) is 24.5 Å². The third kappa shape index (κ3) is 5.81. The average Bonchev–Trinajstić information content (AvgIpc) is 2.55. The Morgan fingerprint density at radius 1 is 1.13 bits per heavy atom. The van der Waals surface area contributed by atoms with Gasteiger partial charge in [0, 0.05) is 12.2 Å². The van der Waals surface area contributed by atoms with Crippen molar-refractivity contribution in [2.75, 3.05) is 5.32 Å². The SMILES string of the molecule is CCCCc1ccc(NC(=S)NCc2ccc(F)c(Cl)c2)cc1. The number of aryl methyl sites for hydroxylation is 1. The van der Waals surface area contributed by atoms with Crippen LogP contribution < -0.4 is 10.6 Å². The van der Waals surface area contributed by atoms with E-state index in [0.717, 1.165) is 17.7 Å². The summed E-state index contributed by atoms with van der Waals surface area (Å²) in [4.78, 5) is 0. The Morgan fingerprint density at radius 2 is 1.83 bits per heavy atom. The molecule has 0 heterocycles. The predicted molar refractivity (Wildman–Crippen MR) is 99.5 cm³/mol. The van der Waals surface area contributed by atoms with Crippen molar-refractivity contribution in [1.82, 2.24) is 5.32 Å². The zero-order chi connectivity index (χ0) is 16.7. The normalized spacial score (nSPS) is 10.4. The molecule has 0 spiro atoms. The van der Waals surface area contributed by atoms with Crippen LogP contribution in [-0.4, -0.2) is 5.11 Å². The summed E-state index contributed by atoms with van der Waals surface area (Å²) in [5.74, 6) is -0.417. The van der Waals surface area contributed by atoms with Gasteiger partial charge in [-0.1, -0.05) is 43.1 Å². The van der Waals surface area contributed by atoms with Crippen LogP contribution in [0.5, 0.6) is 0 Å². The lowest BCUT2D eigenvalue weighted by Crippen LogP contribution is -2.27. The lowest BCUT2D eigenvalue weighted by Gasteiger charge is -2.11. The Kier molecular flexibility index (Phi) is 6.81. The molecule has 2 rings (SSSR count). The van der Waals surface area contributed by atoms with Crippen molar-refractivity contribution in [3.63, 3.8) is 0 Å². The first kappa shape index (κ1) is 17.7. The summed E-state index contributed by atoms with van der Waals surface area (Å²) >= 11 is 11.0. The number of nitrogens with one attached hydrogen (secondary N) is 2. The quantitative estimate of drug-likeness (QED) is 0.690. The van der Waals surface area contributed by atoms with Crippen molar-refractivity contribution in [2.24, 2.45) is 0 Å². The summed E-state index contributed by atoms with van der Waals surface area (Å²) in [6.45, 7) is 2.68. The van der Waals surface area contributed by atoms with E-state index in [4.69, 9.17) is 23.8 Å². The number of rotatable bonds is 6. The summed E-state index contributed by atoms with van der Waals surface area (Å²) in [6, 6.07) is 12.9. The maximum Gasteiger partial charge on any atom is 0.171 e. The Balaban J connectivity index is 1.83. The van der Waals surface area contributed by atoms with Gasteiger partial charge < -0.3 is 10.6 Å². The molecule has 5 heteroatoms. The van der Waals surface area contributed by atoms with Crippen molar-refractivity contribution in [1.29, 1.82) is 0 Å². The van der Waals surface area contributed by atoms with Gasteiger partial charge in [-0.15, -0.1) is 0 Å². The summed E-state index contributed by atoms with van der Waals surface area (Å²) in [5.41, 5.74) is 3.15. The summed E-state index contributed by atoms with van der Waals surface area (Å²) in [7, 11) is 0. The van der Waals surface area contributed by atoms with E-state index in [1.807, 2.05) is 12.1 Å². The summed E-state index contributed by atoms with van der Waals surface area (Å²) in [6.07, 6.45) is 3.50. The van der Waals surface area contributed by atoms with E-state index >= 15 is 0 Å². The van der Waals surface area contributed by atoms with Crippen LogP contribution in [-0.2, 0) is 13.0 Å². The third-order valence-corrected chi connectivity index (χ3v) is 4.00. The second-order valence-corrected chi connectivity index (χ2v) is 6.17. The number of anilines is 1. The Hall–Kier alpha value is -1.65. The molecule has 0 fully saturated rings. The molecular weight excluding hydrogens is 331 g/mol. The molecule has 23 heavy (non-hydrogen) atoms. The zero-order valence-corrected chi connectivity index (χ0v) is 14.6. The first-order valence-corrected chi connectivity index (χ1v) is 8.45. The molecule has 0 aliphatic heterocycles. The highest BCUT2D eigenvalue weighted by molar-refractivity contribution is 7.80. The second-order valence-electron chi connectivity index (χ2n) is 5.36. The van der Waals surface area contributed by atoms with Crippen molar-refractivity contribution in [3.05, 3.63) is 64.4 Å². The zero-order valence-electron chi connectivity index (χ0n) is 13.0. The van der Waals surface area contributed by atoms with Gasteiger partial charge in [0.15, 0.2) is 5.11 Å². The Bertz CT molecular complexity index is 659. The van der Waals surface area contributed by atoms with Gasteiger partial charge in [0.05, 0.1) is 5.02 Å². The monoisotopic (exact) mass is 350 g/mol. The van der Waals surface area contributed by atoms with E-state index in [2.05, 4.69) is 29.7 Å². The van der Waals surface area contributed by atoms with Gasteiger partial charge >= 0.3 is 0 Å². The number of halogens is 2. The van der Waals surface area contributed by atoms with Crippen LogP contribution in [0.3, 0.4) is 0 Å². The highest BCUT2D eigenvalue weighted by Gasteiger charge is 2.02. The van der Waals surface area contributed by atoms with Crippen molar-refractivity contribution in [3.8, 4) is 0 Å². The van der Waals surface area contributed by atoms with Crippen LogP contribution in [0, 0.1) is 5.82 Å². The van der Waals surface area contributed by atoms with E-state index in [1.54, 1.807) is 12.1 Å². The maximum atomic E-state index is 13.1. The van der Waals surface area contributed by atoms with Crippen LogP contribution in [0.4, 0.5) is 10.1 Å². The molecule has 0 aliphatic carbocycles. The van der Waals surface area contributed by atoms with E-state index < -0.39 is 5.82 Å². The third-order valence-electron chi connectivity index (χ3n) is 3.47. The van der Waals surface area contributed by atoms with Crippen LogP contribution in [0.2, 0.25) is 5.02 Å². The first-order valence-electron chi connectivity index (χ1n) is 7.66. The number of thiocarbonyl (C=S) groups is 1. The maximum absolute atomic E-state index is 13.1. The van der Waals surface area contributed by atoms with Crippen molar-refractivity contribution < 1.29 is 4.39 Å². The molecule has 0 saturated carbocycles. The Morgan fingerprint density at radius 3 is 2.48 bits per heavy atom. The average molecular weight is 351 g/mol. The smallest absolute Gasteiger partial charge is 0.171 e. The molecule has 0 amide bonds. The van der Waals surface area contributed by atoms with Gasteiger partial charge in [0.1, 0.15) is 5.82 Å². The Labute approximate surface area is 147 Å². The minimum atomic E-state index is -0.417. The van der Waals surface area contributed by atoms with Crippen LogP contribution in [0.1, 0.15) is 30.9 Å². The molecule has 2 N–H and O–H groups in total. The fourth-order valence-corrected chi connectivity index (χ4v) is 2.54. The van der Waals surface area contributed by atoms with Gasteiger partial charge in [-0.25, -0.2) is 4.39 Å². The number of benzene rings is 2. The van der Waals surface area contributed by atoms with E-state index in [-0.39, 0.29) is 5.02 Å². The molecule has 0 bridgehead atoms. The van der Waals surface area contributed by atoms with Gasteiger partial charge in [0.25, 0.3) is 0 Å². The van der Waals surface area contributed by atoms with Crippen LogP contribution in [0.15, 0.2) is 42.5 Å². The van der Waals surface area contributed by atoms with Crippen LogP contribution >= 0.6 is 23.8 Å². The van der Waals surface area contributed by atoms with E-state index in [9.17, 15) is 4.39 Å². The molecule has 0 saturated heterocycles. The second kappa shape index (κ2) is 8.85. The first-order chi connectivity index (χ1) is 11.1. The molecule has 2 aromatic rings. The van der Waals surface area contributed by atoms with Gasteiger partial charge in [0.2, 0.25) is 0 Å². The summed E-state index contributed by atoms with van der Waals surface area (Å²) in [5, 5.41) is 6.85. The molecule has 122 valence electrons. The molecule has 2 nitrogen and oxygen atoms in total. The van der Waals surface area contributed by atoms with Crippen molar-refractivity contribution in [2.45, 2.75) is 32.7 Å². The molecule has 0 atom stereocenters. The summed E-state index contributed by atoms with van der Waals surface area (Å²) < 4.78 is 13.1. The fourth-order valence-electron chi connectivity index (χ4n) is 2.14. The lowest BCUT2D eigenvalue weighted by atomic mass is 10.1. The molecule has 0 aromatic heterocycles.